The third-order valence-corrected chi connectivity index (χ3v) is 8.27. The van der Waals surface area contributed by atoms with Crippen molar-refractivity contribution in [3.05, 3.63) is 34.3 Å². The van der Waals surface area contributed by atoms with Crippen molar-refractivity contribution in [2.75, 3.05) is 24.5 Å². The molecule has 3 aromatic heterocycles. The summed E-state index contributed by atoms with van der Waals surface area (Å²) in [6, 6.07) is 2.25. The van der Waals surface area contributed by atoms with E-state index in [0.29, 0.717) is 15.7 Å². The summed E-state index contributed by atoms with van der Waals surface area (Å²) in [6.45, 7) is 6.77. The second kappa shape index (κ2) is 8.40. The van der Waals surface area contributed by atoms with Crippen molar-refractivity contribution in [2.45, 2.75) is 56.0 Å². The lowest BCUT2D eigenvalue weighted by atomic mass is 10.2. The zero-order chi connectivity index (χ0) is 22.5. The van der Waals surface area contributed by atoms with Crippen molar-refractivity contribution in [1.29, 1.82) is 0 Å². The van der Waals surface area contributed by atoms with Gasteiger partial charge in [0.15, 0.2) is 5.01 Å². The van der Waals surface area contributed by atoms with Gasteiger partial charge in [-0.3, -0.25) is 0 Å². The number of aromatic nitrogens is 4. The summed E-state index contributed by atoms with van der Waals surface area (Å²) in [7, 11) is -1.38. The van der Waals surface area contributed by atoms with E-state index < -0.39 is 17.4 Å². The van der Waals surface area contributed by atoms with Crippen LogP contribution in [0.4, 0.5) is 14.5 Å². The number of piperazine rings is 1. The molecule has 0 spiro atoms. The second-order valence-corrected chi connectivity index (χ2v) is 11.0. The summed E-state index contributed by atoms with van der Waals surface area (Å²) in [6.07, 6.45) is 3.26. The van der Waals surface area contributed by atoms with Crippen LogP contribution in [-0.2, 0) is 17.4 Å². The van der Waals surface area contributed by atoms with Crippen LogP contribution in [0, 0.1) is 0 Å². The molecule has 8 nitrogen and oxygen atoms in total. The van der Waals surface area contributed by atoms with E-state index in [1.807, 2.05) is 16.7 Å². The highest BCUT2D eigenvalue weighted by molar-refractivity contribution is 7.83. The lowest BCUT2D eigenvalue weighted by molar-refractivity contribution is 0.150. The third kappa shape index (κ3) is 4.28. The number of pyridine rings is 1. The molecular weight excluding hydrogens is 456 g/mol. The zero-order valence-corrected chi connectivity index (χ0v) is 19.5. The molecule has 1 unspecified atom stereocenters. The monoisotopic (exact) mass is 481 g/mol. The fourth-order valence-electron chi connectivity index (χ4n) is 3.90. The van der Waals surface area contributed by atoms with Gasteiger partial charge in [-0.25, -0.2) is 22.7 Å². The molecule has 2 aliphatic rings. The largest absolute Gasteiger partial charge is 0.364 e. The van der Waals surface area contributed by atoms with Gasteiger partial charge in [0.2, 0.25) is 0 Å². The molecule has 1 saturated carbocycles. The molecule has 0 amide bonds. The van der Waals surface area contributed by atoms with E-state index in [-0.39, 0.29) is 23.0 Å². The predicted octanol–water partition coefficient (Wildman–Crippen LogP) is 2.68. The molecule has 5 rings (SSSR count). The highest BCUT2D eigenvalue weighted by atomic mass is 32.2. The Hall–Kier alpha value is -2.02. The molecule has 1 aliphatic carbocycles. The second-order valence-electron chi connectivity index (χ2n) is 8.68. The zero-order valence-electron chi connectivity index (χ0n) is 17.8. The number of nitrogens with one attached hydrogen (secondary N) is 2. The molecular formula is C20H25F2N7OS2. The van der Waals surface area contributed by atoms with Gasteiger partial charge in [-0.1, -0.05) is 11.3 Å². The molecule has 0 radical (unpaired) electrons. The van der Waals surface area contributed by atoms with Gasteiger partial charge in [0.05, 0.1) is 28.7 Å². The SMILES string of the molecule is C[C@@H]1CNCCN1c1cc(S(=O)NC2(C)CC2)cn2c(Cc3nnc(C(F)F)s3)ncc12. The number of hydrogen-bond donors (Lipinski definition) is 2. The van der Waals surface area contributed by atoms with Crippen LogP contribution in [0.5, 0.6) is 0 Å². The molecule has 32 heavy (non-hydrogen) atoms. The van der Waals surface area contributed by atoms with Gasteiger partial charge in [-0.15, -0.1) is 10.2 Å². The molecule has 172 valence electrons. The van der Waals surface area contributed by atoms with Crippen LogP contribution in [0.1, 0.15) is 49.0 Å². The summed E-state index contributed by atoms with van der Waals surface area (Å²) in [5.74, 6) is 0.650. The highest BCUT2D eigenvalue weighted by Gasteiger charge is 2.39. The van der Waals surface area contributed by atoms with E-state index in [1.165, 1.54) is 0 Å². The van der Waals surface area contributed by atoms with Gasteiger partial charge in [-0.2, -0.15) is 0 Å². The minimum atomic E-state index is -2.64. The maximum atomic E-state index is 13.2. The summed E-state index contributed by atoms with van der Waals surface area (Å²) >= 11 is 0.890. The number of hydrogen-bond acceptors (Lipinski definition) is 7. The number of halogens is 2. The van der Waals surface area contributed by atoms with Crippen LogP contribution in [-0.4, -0.2) is 55.0 Å². The number of anilines is 1. The first-order valence-corrected chi connectivity index (χ1v) is 12.6. The van der Waals surface area contributed by atoms with E-state index in [2.05, 4.69) is 44.0 Å². The maximum Gasteiger partial charge on any atom is 0.291 e. The van der Waals surface area contributed by atoms with Crippen molar-refractivity contribution >= 4 is 33.5 Å². The molecule has 2 atom stereocenters. The van der Waals surface area contributed by atoms with Gasteiger partial charge in [0.1, 0.15) is 21.8 Å². The third-order valence-electron chi connectivity index (χ3n) is 6.01. The number of nitrogens with zero attached hydrogens (tertiary/aromatic N) is 5. The summed E-state index contributed by atoms with van der Waals surface area (Å²) < 4.78 is 44.2. The Morgan fingerprint density at radius 3 is 2.91 bits per heavy atom. The minimum Gasteiger partial charge on any atom is -0.364 e. The van der Waals surface area contributed by atoms with Crippen LogP contribution < -0.4 is 14.9 Å². The molecule has 2 fully saturated rings. The van der Waals surface area contributed by atoms with Crippen molar-refractivity contribution in [2.24, 2.45) is 0 Å². The Balaban J connectivity index is 1.55. The summed E-state index contributed by atoms with van der Waals surface area (Å²) in [5, 5.41) is 11.1. The molecule has 1 aliphatic heterocycles. The van der Waals surface area contributed by atoms with Crippen molar-refractivity contribution in [3.8, 4) is 0 Å². The van der Waals surface area contributed by atoms with Crippen LogP contribution >= 0.6 is 11.3 Å². The van der Waals surface area contributed by atoms with Crippen molar-refractivity contribution < 1.29 is 13.0 Å². The number of alkyl halides is 2. The molecule has 12 heteroatoms. The average Bonchev–Trinajstić information content (AvgIpc) is 3.15. The van der Waals surface area contributed by atoms with Gasteiger partial charge < -0.3 is 14.6 Å². The van der Waals surface area contributed by atoms with Gasteiger partial charge >= 0.3 is 0 Å². The minimum absolute atomic E-state index is 0.0850. The highest BCUT2D eigenvalue weighted by Crippen LogP contribution is 2.36. The Labute approximate surface area is 191 Å². The Kier molecular flexibility index (Phi) is 5.72. The van der Waals surface area contributed by atoms with Crippen molar-refractivity contribution in [3.63, 3.8) is 0 Å². The van der Waals surface area contributed by atoms with Crippen LogP contribution in [0.15, 0.2) is 23.4 Å². The van der Waals surface area contributed by atoms with E-state index in [4.69, 9.17) is 0 Å². The van der Waals surface area contributed by atoms with E-state index in [9.17, 15) is 13.0 Å². The Bertz CT molecular complexity index is 1160. The normalized spacial score (nSPS) is 21.4. The summed E-state index contributed by atoms with van der Waals surface area (Å²) in [5.41, 5.74) is 1.78. The van der Waals surface area contributed by atoms with E-state index in [0.717, 1.165) is 55.0 Å². The average molecular weight is 482 g/mol. The molecule has 1 saturated heterocycles. The first-order valence-electron chi connectivity index (χ1n) is 10.6. The number of fused-ring (bicyclic) bond motifs is 1. The molecule has 0 aromatic carbocycles. The fourth-order valence-corrected chi connectivity index (χ4v) is 5.79. The Morgan fingerprint density at radius 2 is 2.22 bits per heavy atom. The standard InChI is InChI=1S/C20H25F2N7OS2/c1-12-9-23-5-6-28(12)14-7-13(32(30)27-20(2)3-4-20)11-29-15(14)10-24-16(29)8-17-25-26-19(31-17)18(21)22/h7,10-12,18,23,27H,3-6,8-9H2,1-2H3/t12-,32?/m1/s1. The van der Waals surface area contributed by atoms with E-state index in [1.54, 1.807) is 6.20 Å². The van der Waals surface area contributed by atoms with E-state index >= 15 is 0 Å². The molecule has 3 aromatic rings. The molecule has 2 N–H and O–H groups in total. The predicted molar refractivity (Wildman–Crippen MR) is 120 cm³/mol. The number of rotatable bonds is 7. The van der Waals surface area contributed by atoms with Crippen LogP contribution in [0.3, 0.4) is 0 Å². The van der Waals surface area contributed by atoms with Crippen molar-refractivity contribution in [1.82, 2.24) is 29.6 Å². The first-order chi connectivity index (χ1) is 15.3. The van der Waals surface area contributed by atoms with Gasteiger partial charge in [0, 0.05) is 37.4 Å². The maximum absolute atomic E-state index is 13.2. The Morgan fingerprint density at radius 1 is 1.41 bits per heavy atom. The fraction of sp³-hybridized carbons (Fsp3) is 0.550. The molecule has 4 heterocycles. The summed E-state index contributed by atoms with van der Waals surface area (Å²) in [4.78, 5) is 7.53. The lowest BCUT2D eigenvalue weighted by Crippen LogP contribution is -2.50. The molecule has 0 bridgehead atoms. The van der Waals surface area contributed by atoms with Crippen LogP contribution in [0.25, 0.3) is 5.52 Å². The quantitative estimate of drug-likeness (QED) is 0.540. The topological polar surface area (TPSA) is 87.5 Å². The van der Waals surface area contributed by atoms with Gasteiger partial charge in [0.25, 0.3) is 6.43 Å². The lowest BCUT2D eigenvalue weighted by Gasteiger charge is -2.36. The van der Waals surface area contributed by atoms with Gasteiger partial charge in [-0.05, 0) is 32.8 Å². The smallest absolute Gasteiger partial charge is 0.291 e. The first kappa shape index (κ1) is 21.8. The van der Waals surface area contributed by atoms with Crippen LogP contribution in [0.2, 0.25) is 0 Å². The number of imidazole rings is 1.